The highest BCUT2D eigenvalue weighted by atomic mass is 15.3. The van der Waals surface area contributed by atoms with Gasteiger partial charge >= 0.3 is 0 Å². The van der Waals surface area contributed by atoms with Crippen LogP contribution in [-0.4, -0.2) is 31.2 Å². The Bertz CT molecular complexity index is 1120. The molecule has 144 valence electrons. The average Bonchev–Trinajstić information content (AvgIpc) is 3.19. The van der Waals surface area contributed by atoms with Crippen molar-refractivity contribution in [1.29, 1.82) is 0 Å². The molecule has 0 unspecified atom stereocenters. The largest absolute Gasteiger partial charge is 0.368 e. The molecule has 29 heavy (non-hydrogen) atoms. The van der Waals surface area contributed by atoms with Gasteiger partial charge in [0.1, 0.15) is 0 Å². The van der Waals surface area contributed by atoms with Gasteiger partial charge in [0.05, 0.1) is 17.1 Å². The Hall–Kier alpha value is -3.51. The van der Waals surface area contributed by atoms with Crippen LogP contribution in [0.4, 0.5) is 5.95 Å². The highest BCUT2D eigenvalue weighted by molar-refractivity contribution is 5.63. The van der Waals surface area contributed by atoms with Crippen LogP contribution >= 0.6 is 0 Å². The summed E-state index contributed by atoms with van der Waals surface area (Å²) in [6.07, 6.45) is 4.89. The zero-order valence-electron chi connectivity index (χ0n) is 16.1. The van der Waals surface area contributed by atoms with Crippen molar-refractivity contribution in [2.45, 2.75) is 19.5 Å². The summed E-state index contributed by atoms with van der Waals surface area (Å²) < 4.78 is 1.97. The molecule has 2 aromatic carbocycles. The summed E-state index contributed by atoms with van der Waals surface area (Å²) in [5.41, 5.74) is 12.4. The monoisotopic (exact) mass is 382 g/mol. The molecule has 0 aliphatic carbocycles. The van der Waals surface area contributed by atoms with Crippen LogP contribution in [0.15, 0.2) is 73.1 Å². The van der Waals surface area contributed by atoms with E-state index in [1.807, 2.05) is 35.1 Å². The lowest BCUT2D eigenvalue weighted by molar-refractivity contribution is 0.243. The standard InChI is InChI=1S/C23H22N6/c24-23-25-13-18-14-28(12-11-21(18)26-23)15-19-16-29(20-9-5-2-6-10-20)27-22(19)17-7-3-1-4-8-17/h1-10,13,16H,11-12,14-15H2,(H2,24,25,26). The van der Waals surface area contributed by atoms with E-state index in [4.69, 9.17) is 10.8 Å². The lowest BCUT2D eigenvalue weighted by atomic mass is 10.0. The van der Waals surface area contributed by atoms with Gasteiger partial charge in [-0.15, -0.1) is 0 Å². The zero-order valence-corrected chi connectivity index (χ0v) is 16.1. The minimum absolute atomic E-state index is 0.354. The fourth-order valence-electron chi connectivity index (χ4n) is 3.84. The van der Waals surface area contributed by atoms with Gasteiger partial charge in [-0.3, -0.25) is 4.90 Å². The number of hydrogen-bond donors (Lipinski definition) is 1. The molecule has 0 bridgehead atoms. The van der Waals surface area contributed by atoms with E-state index in [-0.39, 0.29) is 0 Å². The number of nitrogen functional groups attached to an aromatic ring is 1. The number of para-hydroxylation sites is 1. The summed E-state index contributed by atoms with van der Waals surface area (Å²) in [7, 11) is 0. The predicted octanol–water partition coefficient (Wildman–Crippen LogP) is 3.47. The van der Waals surface area contributed by atoms with Crippen LogP contribution in [0.25, 0.3) is 16.9 Å². The van der Waals surface area contributed by atoms with Gasteiger partial charge in [0.15, 0.2) is 0 Å². The van der Waals surface area contributed by atoms with E-state index in [0.717, 1.165) is 54.3 Å². The van der Waals surface area contributed by atoms with Gasteiger partial charge in [0, 0.05) is 55.1 Å². The fraction of sp³-hybridized carbons (Fsp3) is 0.174. The highest BCUT2D eigenvalue weighted by Gasteiger charge is 2.21. The zero-order chi connectivity index (χ0) is 19.6. The maximum Gasteiger partial charge on any atom is 0.220 e. The van der Waals surface area contributed by atoms with Crippen LogP contribution in [0.5, 0.6) is 0 Å². The summed E-state index contributed by atoms with van der Waals surface area (Å²) in [4.78, 5) is 11.0. The van der Waals surface area contributed by atoms with Crippen LogP contribution in [0.3, 0.4) is 0 Å². The van der Waals surface area contributed by atoms with E-state index in [0.29, 0.717) is 5.95 Å². The predicted molar refractivity (Wildman–Crippen MR) is 113 cm³/mol. The number of anilines is 1. The highest BCUT2D eigenvalue weighted by Crippen LogP contribution is 2.27. The second kappa shape index (κ2) is 7.48. The third-order valence-electron chi connectivity index (χ3n) is 5.28. The Balaban J connectivity index is 1.47. The van der Waals surface area contributed by atoms with Crippen molar-refractivity contribution in [2.75, 3.05) is 12.3 Å². The maximum absolute atomic E-state index is 5.74. The van der Waals surface area contributed by atoms with Gasteiger partial charge in [-0.05, 0) is 12.1 Å². The Labute approximate surface area is 169 Å². The Kier molecular flexibility index (Phi) is 4.54. The summed E-state index contributed by atoms with van der Waals surface area (Å²) in [5, 5.41) is 4.92. The smallest absolute Gasteiger partial charge is 0.220 e. The Morgan fingerprint density at radius 3 is 2.52 bits per heavy atom. The molecule has 0 radical (unpaired) electrons. The van der Waals surface area contributed by atoms with Gasteiger partial charge in [-0.1, -0.05) is 48.5 Å². The first-order chi connectivity index (χ1) is 14.3. The quantitative estimate of drug-likeness (QED) is 0.585. The van der Waals surface area contributed by atoms with Gasteiger partial charge in [-0.2, -0.15) is 5.10 Å². The molecule has 0 saturated heterocycles. The molecule has 5 rings (SSSR count). The molecule has 0 fully saturated rings. The summed E-state index contributed by atoms with van der Waals surface area (Å²) in [5.74, 6) is 0.354. The van der Waals surface area contributed by atoms with Crippen LogP contribution < -0.4 is 5.73 Å². The van der Waals surface area contributed by atoms with E-state index in [1.54, 1.807) is 0 Å². The topological polar surface area (TPSA) is 72.9 Å². The first-order valence-electron chi connectivity index (χ1n) is 9.78. The van der Waals surface area contributed by atoms with Gasteiger partial charge in [0.2, 0.25) is 5.95 Å². The number of nitrogens with zero attached hydrogens (tertiary/aromatic N) is 5. The molecule has 2 N–H and O–H groups in total. The summed E-state index contributed by atoms with van der Waals surface area (Å²) >= 11 is 0. The van der Waals surface area contributed by atoms with Crippen molar-refractivity contribution < 1.29 is 0 Å². The maximum atomic E-state index is 5.74. The van der Waals surface area contributed by atoms with E-state index < -0.39 is 0 Å². The average molecular weight is 382 g/mol. The number of benzene rings is 2. The molecule has 1 aliphatic heterocycles. The molecule has 6 heteroatoms. The van der Waals surface area contributed by atoms with Crippen molar-refractivity contribution in [1.82, 2.24) is 24.6 Å². The minimum Gasteiger partial charge on any atom is -0.368 e. The Morgan fingerprint density at radius 1 is 0.966 bits per heavy atom. The first kappa shape index (κ1) is 17.6. The molecule has 0 spiro atoms. The van der Waals surface area contributed by atoms with Crippen molar-refractivity contribution in [3.8, 4) is 16.9 Å². The molecular weight excluding hydrogens is 360 g/mol. The third kappa shape index (κ3) is 3.62. The molecule has 2 aromatic heterocycles. The third-order valence-corrected chi connectivity index (χ3v) is 5.28. The second-order valence-corrected chi connectivity index (χ2v) is 7.31. The van der Waals surface area contributed by atoms with Gasteiger partial charge < -0.3 is 5.73 Å². The number of hydrogen-bond acceptors (Lipinski definition) is 5. The van der Waals surface area contributed by atoms with Gasteiger partial charge in [-0.25, -0.2) is 14.6 Å². The number of aromatic nitrogens is 4. The lowest BCUT2D eigenvalue weighted by Gasteiger charge is -2.27. The van der Waals surface area contributed by atoms with Crippen LogP contribution in [0.2, 0.25) is 0 Å². The van der Waals surface area contributed by atoms with Crippen molar-refractivity contribution in [2.24, 2.45) is 0 Å². The molecule has 3 heterocycles. The number of rotatable bonds is 4. The summed E-state index contributed by atoms with van der Waals surface area (Å²) in [6, 6.07) is 20.6. The van der Waals surface area contributed by atoms with Crippen molar-refractivity contribution in [3.63, 3.8) is 0 Å². The first-order valence-corrected chi connectivity index (χ1v) is 9.78. The van der Waals surface area contributed by atoms with Crippen LogP contribution in [-0.2, 0) is 19.5 Å². The van der Waals surface area contributed by atoms with Crippen molar-refractivity contribution >= 4 is 5.95 Å². The van der Waals surface area contributed by atoms with E-state index in [9.17, 15) is 0 Å². The van der Waals surface area contributed by atoms with Gasteiger partial charge in [0.25, 0.3) is 0 Å². The normalized spacial score (nSPS) is 13.9. The SMILES string of the molecule is Nc1ncc2c(n1)CCN(Cc1cn(-c3ccccc3)nc1-c1ccccc1)C2. The molecule has 0 atom stereocenters. The lowest BCUT2D eigenvalue weighted by Crippen LogP contribution is -2.31. The molecular formula is C23H22N6. The Morgan fingerprint density at radius 2 is 1.72 bits per heavy atom. The fourth-order valence-corrected chi connectivity index (χ4v) is 3.84. The minimum atomic E-state index is 0.354. The van der Waals surface area contributed by atoms with Crippen LogP contribution in [0.1, 0.15) is 16.8 Å². The van der Waals surface area contributed by atoms with E-state index >= 15 is 0 Å². The van der Waals surface area contributed by atoms with E-state index in [1.165, 1.54) is 5.56 Å². The molecule has 0 amide bonds. The molecule has 6 nitrogen and oxygen atoms in total. The van der Waals surface area contributed by atoms with E-state index in [2.05, 4.69) is 57.5 Å². The number of nitrogens with two attached hydrogens (primary N) is 1. The number of fused-ring (bicyclic) bond motifs is 1. The second-order valence-electron chi connectivity index (χ2n) is 7.31. The van der Waals surface area contributed by atoms with Crippen molar-refractivity contribution in [3.05, 3.63) is 89.9 Å². The molecule has 0 saturated carbocycles. The van der Waals surface area contributed by atoms with Crippen LogP contribution in [0, 0.1) is 0 Å². The molecule has 1 aliphatic rings. The summed E-state index contributed by atoms with van der Waals surface area (Å²) in [6.45, 7) is 2.58. The molecule has 4 aromatic rings.